The van der Waals surface area contributed by atoms with Crippen molar-refractivity contribution in [2.24, 2.45) is 10.6 Å². The number of primary sulfonamides is 1. The van der Waals surface area contributed by atoms with Gasteiger partial charge >= 0.3 is 0 Å². The number of hydrogen-bond donors (Lipinski definition) is 2. The van der Waals surface area contributed by atoms with E-state index in [1.807, 2.05) is 23.1 Å². The van der Waals surface area contributed by atoms with Gasteiger partial charge in [0, 0.05) is 50.0 Å². The number of hydrogen-bond acceptors (Lipinski definition) is 9. The molecule has 0 radical (unpaired) electrons. The van der Waals surface area contributed by atoms with Crippen molar-refractivity contribution in [2.45, 2.75) is 49.7 Å². The lowest BCUT2D eigenvalue weighted by molar-refractivity contribution is -0.0220. The van der Waals surface area contributed by atoms with Crippen molar-refractivity contribution < 1.29 is 22.3 Å². The minimum atomic E-state index is -4.03. The van der Waals surface area contributed by atoms with Crippen molar-refractivity contribution in [2.75, 3.05) is 42.6 Å². The second kappa shape index (κ2) is 10.7. The molecule has 4 heterocycles. The summed E-state index contributed by atoms with van der Waals surface area (Å²) in [5.41, 5.74) is 5.05. The van der Waals surface area contributed by atoms with E-state index < -0.39 is 27.8 Å². The summed E-state index contributed by atoms with van der Waals surface area (Å²) in [6, 6.07) is 10.9. The molecule has 1 spiro atoms. The molecular formula is C30H34F2N8O3S. The number of rotatable bonds is 7. The summed E-state index contributed by atoms with van der Waals surface area (Å²) in [6.45, 7) is 1.42. The van der Waals surface area contributed by atoms with Crippen molar-refractivity contribution in [1.29, 1.82) is 0 Å². The summed E-state index contributed by atoms with van der Waals surface area (Å²) in [5.74, 6) is -2.68. The molecule has 232 valence electrons. The number of nitrogens with two attached hydrogens (primary N) is 1. The standard InChI is InChI=1S/C30H34F2N8O3S/c31-30(32)8-13-39(14-9-30)26-17-22(15-21-3-10-34-36-28(21)26)23-18-40(37-35-23)24-2-1-20(27(19-41)44(33,42)43)16-25(24)38-11-6-29(4-5-29)7-12-38/h1-3,10,15-18,27,41H,4-9,11-14,19H2,(H2,33,42,43). The van der Waals surface area contributed by atoms with Gasteiger partial charge in [0.15, 0.2) is 0 Å². The smallest absolute Gasteiger partial charge is 0.251 e. The molecule has 2 aromatic carbocycles. The van der Waals surface area contributed by atoms with E-state index in [2.05, 4.69) is 25.4 Å². The Balaban J connectivity index is 1.27. The van der Waals surface area contributed by atoms with Gasteiger partial charge in [-0.25, -0.2) is 27.0 Å². The molecular weight excluding hydrogens is 590 g/mol. The molecule has 0 bridgehead atoms. The summed E-state index contributed by atoms with van der Waals surface area (Å²) < 4.78 is 54.1. The van der Waals surface area contributed by atoms with E-state index in [0.717, 1.165) is 53.9 Å². The number of alkyl halides is 2. The van der Waals surface area contributed by atoms with Gasteiger partial charge in [0.05, 0.1) is 36.1 Å². The largest absolute Gasteiger partial charge is 0.395 e. The molecule has 1 saturated carbocycles. The van der Waals surface area contributed by atoms with E-state index in [4.69, 9.17) is 5.14 Å². The number of benzene rings is 2. The molecule has 0 amide bonds. The van der Waals surface area contributed by atoms with Crippen LogP contribution in [0.5, 0.6) is 0 Å². The van der Waals surface area contributed by atoms with Crippen LogP contribution in [0, 0.1) is 5.41 Å². The molecule has 3 aliphatic rings. The first-order valence-corrected chi connectivity index (χ1v) is 16.5. The maximum atomic E-state index is 13.9. The fourth-order valence-corrected chi connectivity index (χ4v) is 7.28. The molecule has 3 N–H and O–H groups in total. The Morgan fingerprint density at radius 1 is 0.886 bits per heavy atom. The summed E-state index contributed by atoms with van der Waals surface area (Å²) >= 11 is 0. The van der Waals surface area contributed by atoms with Crippen LogP contribution in [0.1, 0.15) is 49.3 Å². The Labute approximate surface area is 253 Å². The number of piperidine rings is 2. The van der Waals surface area contributed by atoms with Gasteiger partial charge in [-0.3, -0.25) is 0 Å². The molecule has 4 aromatic rings. The number of halogens is 2. The minimum Gasteiger partial charge on any atom is -0.395 e. The molecule has 14 heteroatoms. The molecule has 11 nitrogen and oxygen atoms in total. The topological polar surface area (TPSA) is 143 Å². The molecule has 2 aromatic heterocycles. The number of anilines is 2. The third-order valence-corrected chi connectivity index (χ3v) is 10.7. The Kier molecular flexibility index (Phi) is 7.05. The average molecular weight is 625 g/mol. The summed E-state index contributed by atoms with van der Waals surface area (Å²) in [5, 5.41) is 32.2. The van der Waals surface area contributed by atoms with Crippen LogP contribution in [0.15, 0.2) is 48.8 Å². The number of fused-ring (bicyclic) bond motifs is 1. The van der Waals surface area contributed by atoms with Crippen LogP contribution in [0.2, 0.25) is 0 Å². The van der Waals surface area contributed by atoms with Crippen LogP contribution in [-0.2, 0) is 10.0 Å². The van der Waals surface area contributed by atoms with Gasteiger partial charge in [-0.05, 0) is 67.0 Å². The highest BCUT2D eigenvalue weighted by Crippen LogP contribution is 2.54. The minimum absolute atomic E-state index is 0.203. The van der Waals surface area contributed by atoms with Gasteiger partial charge in [0.1, 0.15) is 16.5 Å². The van der Waals surface area contributed by atoms with Gasteiger partial charge in [-0.1, -0.05) is 11.3 Å². The Bertz CT molecular complexity index is 1810. The van der Waals surface area contributed by atoms with Crippen molar-refractivity contribution in [3.8, 4) is 16.9 Å². The first-order chi connectivity index (χ1) is 21.0. The van der Waals surface area contributed by atoms with Gasteiger partial charge in [-0.2, -0.15) is 5.10 Å². The normalized spacial score (nSPS) is 20.3. The summed E-state index contributed by atoms with van der Waals surface area (Å²) in [4.78, 5) is 4.16. The number of sulfonamides is 1. The fourth-order valence-electron chi connectivity index (χ4n) is 6.54. The number of nitrogens with zero attached hydrogens (tertiary/aromatic N) is 7. The molecule has 44 heavy (non-hydrogen) atoms. The highest BCUT2D eigenvalue weighted by atomic mass is 32.2. The van der Waals surface area contributed by atoms with Crippen molar-refractivity contribution in [3.63, 3.8) is 0 Å². The van der Waals surface area contributed by atoms with E-state index in [9.17, 15) is 22.3 Å². The van der Waals surface area contributed by atoms with Crippen LogP contribution in [0.4, 0.5) is 20.2 Å². The zero-order valence-electron chi connectivity index (χ0n) is 24.1. The molecule has 3 fully saturated rings. The molecule has 2 saturated heterocycles. The molecule has 1 atom stereocenters. The van der Waals surface area contributed by atoms with Crippen LogP contribution < -0.4 is 14.9 Å². The summed E-state index contributed by atoms with van der Waals surface area (Å²) in [7, 11) is -4.03. The maximum absolute atomic E-state index is 13.9. The third kappa shape index (κ3) is 5.50. The van der Waals surface area contributed by atoms with E-state index in [1.165, 1.54) is 12.8 Å². The van der Waals surface area contributed by atoms with Gasteiger partial charge in [-0.15, -0.1) is 10.2 Å². The third-order valence-electron chi connectivity index (χ3n) is 9.52. The first kappa shape index (κ1) is 29.0. The second-order valence-corrected chi connectivity index (χ2v) is 14.1. The van der Waals surface area contributed by atoms with E-state index in [-0.39, 0.29) is 25.9 Å². The van der Waals surface area contributed by atoms with E-state index in [0.29, 0.717) is 22.2 Å². The first-order valence-electron chi connectivity index (χ1n) is 14.9. The Morgan fingerprint density at radius 3 is 2.27 bits per heavy atom. The zero-order chi connectivity index (χ0) is 30.7. The molecule has 7 rings (SSSR count). The predicted octanol–water partition coefficient (Wildman–Crippen LogP) is 3.82. The molecule has 1 aliphatic carbocycles. The number of aliphatic hydroxyl groups is 1. The van der Waals surface area contributed by atoms with Gasteiger partial charge < -0.3 is 14.9 Å². The van der Waals surface area contributed by atoms with Crippen LogP contribution in [-0.4, -0.2) is 77.4 Å². The Hall–Kier alpha value is -3.75. The van der Waals surface area contributed by atoms with E-state index in [1.54, 1.807) is 35.3 Å². The average Bonchev–Trinajstić information content (AvgIpc) is 3.56. The second-order valence-electron chi connectivity index (χ2n) is 12.4. The highest BCUT2D eigenvalue weighted by molar-refractivity contribution is 7.89. The quantitative estimate of drug-likeness (QED) is 0.314. The van der Waals surface area contributed by atoms with Crippen molar-refractivity contribution in [3.05, 3.63) is 54.4 Å². The number of aromatic nitrogens is 5. The highest BCUT2D eigenvalue weighted by Gasteiger charge is 2.44. The van der Waals surface area contributed by atoms with Crippen LogP contribution in [0.25, 0.3) is 27.8 Å². The van der Waals surface area contributed by atoms with E-state index >= 15 is 0 Å². The zero-order valence-corrected chi connectivity index (χ0v) is 24.9. The van der Waals surface area contributed by atoms with Crippen LogP contribution >= 0.6 is 0 Å². The molecule has 1 unspecified atom stereocenters. The lowest BCUT2D eigenvalue weighted by atomic mass is 9.93. The predicted molar refractivity (Wildman–Crippen MR) is 162 cm³/mol. The fraction of sp³-hybridized carbons (Fsp3) is 0.467. The Morgan fingerprint density at radius 2 is 1.59 bits per heavy atom. The van der Waals surface area contributed by atoms with Crippen LogP contribution in [0.3, 0.4) is 0 Å². The number of aliphatic hydroxyl groups excluding tert-OH is 1. The van der Waals surface area contributed by atoms with Crippen molar-refractivity contribution >= 4 is 32.3 Å². The maximum Gasteiger partial charge on any atom is 0.251 e. The molecule has 2 aliphatic heterocycles. The SMILES string of the molecule is NS(=O)(=O)C(CO)c1ccc(-n2cc(-c3cc(N4CCC(F)(F)CC4)c4nnccc4c3)nn2)c(N2CCC3(CC2)CC3)c1. The summed E-state index contributed by atoms with van der Waals surface area (Å²) in [6.07, 6.45) is 7.55. The van der Waals surface area contributed by atoms with Gasteiger partial charge in [0.2, 0.25) is 10.0 Å². The monoisotopic (exact) mass is 624 g/mol. The van der Waals surface area contributed by atoms with Gasteiger partial charge in [0.25, 0.3) is 5.92 Å². The lowest BCUT2D eigenvalue weighted by Crippen LogP contribution is -2.39. The van der Waals surface area contributed by atoms with Crippen molar-refractivity contribution in [1.82, 2.24) is 25.2 Å². The lowest BCUT2D eigenvalue weighted by Gasteiger charge is -2.35.